The van der Waals surface area contributed by atoms with Crippen molar-refractivity contribution in [3.8, 4) is 0 Å². The predicted molar refractivity (Wildman–Crippen MR) is 48.0 cm³/mol. The highest BCUT2D eigenvalue weighted by Crippen LogP contribution is 2.17. The lowest BCUT2D eigenvalue weighted by Gasteiger charge is -2.25. The summed E-state index contributed by atoms with van der Waals surface area (Å²) in [5, 5.41) is 0. The Labute approximate surface area is 77.5 Å². The SMILES string of the molecule is CN(C)C(=O)N1CCC[C@H]1C(N)=O. The largest absolute Gasteiger partial charge is 0.368 e. The number of amides is 3. The van der Waals surface area contributed by atoms with Crippen molar-refractivity contribution in [1.29, 1.82) is 0 Å². The summed E-state index contributed by atoms with van der Waals surface area (Å²) >= 11 is 0. The number of urea groups is 1. The lowest BCUT2D eigenvalue weighted by atomic mass is 10.2. The van der Waals surface area contributed by atoms with Crippen molar-refractivity contribution >= 4 is 11.9 Å². The van der Waals surface area contributed by atoms with Crippen LogP contribution in [0.3, 0.4) is 0 Å². The van der Waals surface area contributed by atoms with Gasteiger partial charge in [0.1, 0.15) is 6.04 Å². The van der Waals surface area contributed by atoms with E-state index in [1.165, 1.54) is 9.80 Å². The second kappa shape index (κ2) is 3.64. The molecule has 5 nitrogen and oxygen atoms in total. The number of likely N-dealkylation sites (tertiary alicyclic amines) is 1. The molecule has 0 aromatic heterocycles. The first-order valence-corrected chi connectivity index (χ1v) is 4.31. The maximum absolute atomic E-state index is 11.5. The summed E-state index contributed by atoms with van der Waals surface area (Å²) in [6.45, 7) is 0.630. The van der Waals surface area contributed by atoms with E-state index >= 15 is 0 Å². The summed E-state index contributed by atoms with van der Waals surface area (Å²) in [5.41, 5.74) is 5.17. The molecule has 0 bridgehead atoms. The third kappa shape index (κ3) is 1.91. The lowest BCUT2D eigenvalue weighted by Crippen LogP contribution is -2.47. The van der Waals surface area contributed by atoms with Gasteiger partial charge in [0, 0.05) is 20.6 Å². The van der Waals surface area contributed by atoms with E-state index in [9.17, 15) is 9.59 Å². The molecule has 0 unspecified atom stereocenters. The number of carbonyl (C=O) groups excluding carboxylic acids is 2. The average molecular weight is 185 g/mol. The normalized spacial score (nSPS) is 21.7. The Hall–Kier alpha value is -1.26. The smallest absolute Gasteiger partial charge is 0.320 e. The Kier molecular flexibility index (Phi) is 2.75. The Bertz CT molecular complexity index is 227. The van der Waals surface area contributed by atoms with Crippen molar-refractivity contribution in [2.75, 3.05) is 20.6 Å². The fraction of sp³-hybridized carbons (Fsp3) is 0.750. The molecule has 74 valence electrons. The third-order valence-electron chi connectivity index (χ3n) is 2.21. The lowest BCUT2D eigenvalue weighted by molar-refractivity contribution is -0.121. The van der Waals surface area contributed by atoms with Crippen LogP contribution in [0.1, 0.15) is 12.8 Å². The van der Waals surface area contributed by atoms with E-state index in [1.807, 2.05) is 0 Å². The van der Waals surface area contributed by atoms with Crippen LogP contribution in [0.15, 0.2) is 0 Å². The molecular weight excluding hydrogens is 170 g/mol. The maximum Gasteiger partial charge on any atom is 0.320 e. The molecule has 0 spiro atoms. The number of primary amides is 1. The van der Waals surface area contributed by atoms with Gasteiger partial charge in [0.05, 0.1) is 0 Å². The second-order valence-corrected chi connectivity index (χ2v) is 3.43. The van der Waals surface area contributed by atoms with Gasteiger partial charge in [-0.15, -0.1) is 0 Å². The van der Waals surface area contributed by atoms with E-state index in [0.717, 1.165) is 6.42 Å². The highest BCUT2D eigenvalue weighted by molar-refractivity contribution is 5.86. The molecule has 5 heteroatoms. The van der Waals surface area contributed by atoms with Gasteiger partial charge in [0.15, 0.2) is 0 Å². The number of nitrogens with zero attached hydrogens (tertiary/aromatic N) is 2. The summed E-state index contributed by atoms with van der Waals surface area (Å²) in [5.74, 6) is -0.410. The quantitative estimate of drug-likeness (QED) is 0.605. The first-order chi connectivity index (χ1) is 6.04. The topological polar surface area (TPSA) is 66.6 Å². The summed E-state index contributed by atoms with van der Waals surface area (Å²) in [6, 6.07) is -0.545. The van der Waals surface area contributed by atoms with Crippen molar-refractivity contribution in [3.63, 3.8) is 0 Å². The fourth-order valence-corrected chi connectivity index (χ4v) is 1.55. The average Bonchev–Trinajstić information content (AvgIpc) is 2.50. The van der Waals surface area contributed by atoms with Crippen LogP contribution in [0, 0.1) is 0 Å². The first-order valence-electron chi connectivity index (χ1n) is 4.31. The molecule has 0 aromatic rings. The third-order valence-corrected chi connectivity index (χ3v) is 2.21. The van der Waals surface area contributed by atoms with Crippen molar-refractivity contribution in [2.24, 2.45) is 5.73 Å². The molecule has 2 N–H and O–H groups in total. The van der Waals surface area contributed by atoms with Gasteiger partial charge >= 0.3 is 6.03 Å². The summed E-state index contributed by atoms with van der Waals surface area (Å²) in [7, 11) is 3.33. The van der Waals surface area contributed by atoms with Gasteiger partial charge in [-0.2, -0.15) is 0 Å². The van der Waals surface area contributed by atoms with E-state index in [2.05, 4.69) is 0 Å². The van der Waals surface area contributed by atoms with Gasteiger partial charge in [0.25, 0.3) is 0 Å². The van der Waals surface area contributed by atoms with E-state index in [-0.39, 0.29) is 6.03 Å². The zero-order chi connectivity index (χ0) is 10.0. The van der Waals surface area contributed by atoms with Crippen molar-refractivity contribution in [3.05, 3.63) is 0 Å². The van der Waals surface area contributed by atoms with Crippen LogP contribution >= 0.6 is 0 Å². The summed E-state index contributed by atoms with van der Waals surface area (Å²) in [6.07, 6.45) is 1.54. The molecule has 0 saturated carbocycles. The maximum atomic E-state index is 11.5. The molecule has 1 saturated heterocycles. The molecule has 1 rings (SSSR count). The minimum atomic E-state index is -0.410. The predicted octanol–water partition coefficient (Wildman–Crippen LogP) is -0.382. The standard InChI is InChI=1S/C8H15N3O2/c1-10(2)8(13)11-5-3-4-6(11)7(9)12/h6H,3-5H2,1-2H3,(H2,9,12)/t6-/m0/s1. The highest BCUT2D eigenvalue weighted by Gasteiger charge is 2.33. The van der Waals surface area contributed by atoms with Crippen molar-refractivity contribution in [1.82, 2.24) is 9.80 Å². The first kappa shape index (κ1) is 9.83. The number of hydrogen-bond acceptors (Lipinski definition) is 2. The Morgan fingerprint density at radius 3 is 2.54 bits per heavy atom. The fourth-order valence-electron chi connectivity index (χ4n) is 1.55. The van der Waals surface area contributed by atoms with Crippen molar-refractivity contribution in [2.45, 2.75) is 18.9 Å². The molecule has 3 amide bonds. The minimum absolute atomic E-state index is 0.138. The van der Waals surface area contributed by atoms with Gasteiger partial charge in [-0.25, -0.2) is 4.79 Å². The molecule has 13 heavy (non-hydrogen) atoms. The van der Waals surface area contributed by atoms with E-state index in [1.54, 1.807) is 14.1 Å². The molecule has 0 aliphatic carbocycles. The Balaban J connectivity index is 2.68. The van der Waals surface area contributed by atoms with E-state index in [0.29, 0.717) is 13.0 Å². The number of carbonyl (C=O) groups is 2. The van der Waals surface area contributed by atoms with Gasteiger partial charge < -0.3 is 15.5 Å². The highest BCUT2D eigenvalue weighted by atomic mass is 16.2. The molecule has 0 aromatic carbocycles. The van der Waals surface area contributed by atoms with Gasteiger partial charge in [0.2, 0.25) is 5.91 Å². The number of nitrogens with two attached hydrogens (primary N) is 1. The number of hydrogen-bond donors (Lipinski definition) is 1. The monoisotopic (exact) mass is 185 g/mol. The molecule has 1 atom stereocenters. The molecule has 1 aliphatic rings. The van der Waals surface area contributed by atoms with Gasteiger partial charge in [-0.05, 0) is 12.8 Å². The Morgan fingerprint density at radius 1 is 1.46 bits per heavy atom. The minimum Gasteiger partial charge on any atom is -0.368 e. The summed E-state index contributed by atoms with van der Waals surface area (Å²) < 4.78 is 0. The van der Waals surface area contributed by atoms with E-state index in [4.69, 9.17) is 5.73 Å². The van der Waals surface area contributed by atoms with Crippen LogP contribution in [0.4, 0.5) is 4.79 Å². The zero-order valence-electron chi connectivity index (χ0n) is 7.99. The molecule has 1 fully saturated rings. The molecule has 1 aliphatic heterocycles. The second-order valence-electron chi connectivity index (χ2n) is 3.43. The zero-order valence-corrected chi connectivity index (χ0v) is 7.99. The molecule has 1 heterocycles. The van der Waals surface area contributed by atoms with Crippen LogP contribution in [-0.2, 0) is 4.79 Å². The van der Waals surface area contributed by atoms with Crippen LogP contribution in [0.25, 0.3) is 0 Å². The molecular formula is C8H15N3O2. The van der Waals surface area contributed by atoms with E-state index < -0.39 is 11.9 Å². The van der Waals surface area contributed by atoms with Crippen LogP contribution < -0.4 is 5.73 Å². The van der Waals surface area contributed by atoms with Crippen LogP contribution in [-0.4, -0.2) is 48.4 Å². The number of rotatable bonds is 1. The Morgan fingerprint density at radius 2 is 2.08 bits per heavy atom. The van der Waals surface area contributed by atoms with Crippen LogP contribution in [0.5, 0.6) is 0 Å². The van der Waals surface area contributed by atoms with Gasteiger partial charge in [-0.1, -0.05) is 0 Å². The van der Waals surface area contributed by atoms with Crippen molar-refractivity contribution < 1.29 is 9.59 Å². The van der Waals surface area contributed by atoms with Gasteiger partial charge in [-0.3, -0.25) is 4.79 Å². The van der Waals surface area contributed by atoms with Crippen LogP contribution in [0.2, 0.25) is 0 Å². The molecule has 0 radical (unpaired) electrons. The summed E-state index contributed by atoms with van der Waals surface area (Å²) in [4.78, 5) is 25.4.